The van der Waals surface area contributed by atoms with Gasteiger partial charge in [-0.15, -0.1) is 11.6 Å². The van der Waals surface area contributed by atoms with Gasteiger partial charge in [-0.3, -0.25) is 4.79 Å². The summed E-state index contributed by atoms with van der Waals surface area (Å²) in [5, 5.41) is 11.4. The van der Waals surface area contributed by atoms with Crippen LogP contribution in [0.15, 0.2) is 30.3 Å². The van der Waals surface area contributed by atoms with Crippen LogP contribution in [0.4, 0.5) is 0 Å². The van der Waals surface area contributed by atoms with Gasteiger partial charge in [0, 0.05) is 6.54 Å². The second-order valence-corrected chi connectivity index (χ2v) is 4.35. The van der Waals surface area contributed by atoms with Gasteiger partial charge in [-0.1, -0.05) is 37.3 Å². The molecule has 2 N–H and O–H groups in total. The van der Waals surface area contributed by atoms with Crippen LogP contribution < -0.4 is 5.32 Å². The molecule has 1 aromatic carbocycles. The normalized spacial score (nSPS) is 14.1. The molecule has 4 heteroatoms. The number of benzene rings is 1. The number of carbonyl (C=O) groups excluding carboxylic acids is 1. The Labute approximate surface area is 107 Å². The zero-order valence-corrected chi connectivity index (χ0v) is 10.7. The molecule has 2 unspecified atom stereocenters. The maximum absolute atomic E-state index is 11.7. The molecule has 0 saturated heterocycles. The third kappa shape index (κ3) is 4.75. The highest BCUT2D eigenvalue weighted by atomic mass is 35.5. The van der Waals surface area contributed by atoms with Crippen molar-refractivity contribution in [2.75, 3.05) is 6.54 Å². The first-order chi connectivity index (χ1) is 8.15. The van der Waals surface area contributed by atoms with Crippen LogP contribution in [0.2, 0.25) is 0 Å². The molecule has 0 aliphatic carbocycles. The van der Waals surface area contributed by atoms with Crippen molar-refractivity contribution in [1.29, 1.82) is 0 Å². The first-order valence-corrected chi connectivity index (χ1v) is 6.23. The molecule has 3 nitrogen and oxygen atoms in total. The van der Waals surface area contributed by atoms with E-state index in [2.05, 4.69) is 5.32 Å². The largest absolute Gasteiger partial charge is 0.393 e. The third-order valence-electron chi connectivity index (χ3n) is 2.57. The lowest BCUT2D eigenvalue weighted by Crippen LogP contribution is -2.29. The Hall–Kier alpha value is -1.06. The fourth-order valence-electron chi connectivity index (χ4n) is 1.43. The second kappa shape index (κ2) is 7.30. The van der Waals surface area contributed by atoms with Crippen LogP contribution in [0.3, 0.4) is 0 Å². The first-order valence-electron chi connectivity index (χ1n) is 5.80. The van der Waals surface area contributed by atoms with Crippen molar-refractivity contribution in [2.24, 2.45) is 0 Å². The average molecular weight is 256 g/mol. The van der Waals surface area contributed by atoms with Crippen LogP contribution in [0, 0.1) is 0 Å². The van der Waals surface area contributed by atoms with Crippen molar-refractivity contribution in [1.82, 2.24) is 5.32 Å². The van der Waals surface area contributed by atoms with E-state index in [1.165, 1.54) is 0 Å². The first kappa shape index (κ1) is 14.0. The van der Waals surface area contributed by atoms with E-state index in [1.54, 1.807) is 0 Å². The maximum Gasteiger partial charge on any atom is 0.242 e. The van der Waals surface area contributed by atoms with Gasteiger partial charge < -0.3 is 10.4 Å². The van der Waals surface area contributed by atoms with Crippen molar-refractivity contribution in [3.63, 3.8) is 0 Å². The highest BCUT2D eigenvalue weighted by Gasteiger charge is 2.16. The topological polar surface area (TPSA) is 49.3 Å². The quantitative estimate of drug-likeness (QED) is 0.766. The van der Waals surface area contributed by atoms with Crippen molar-refractivity contribution in [2.45, 2.75) is 31.2 Å². The van der Waals surface area contributed by atoms with Crippen molar-refractivity contribution in [3.05, 3.63) is 35.9 Å². The number of amides is 1. The molecule has 0 aromatic heterocycles. The van der Waals surface area contributed by atoms with E-state index in [4.69, 9.17) is 11.6 Å². The lowest BCUT2D eigenvalue weighted by Gasteiger charge is -2.12. The Kier molecular flexibility index (Phi) is 6.01. The summed E-state index contributed by atoms with van der Waals surface area (Å²) in [6.07, 6.45) is 0.889. The highest BCUT2D eigenvalue weighted by molar-refractivity contribution is 6.30. The van der Waals surface area contributed by atoms with Crippen LogP contribution >= 0.6 is 11.6 Å². The SMILES string of the molecule is CCC(O)CCNC(=O)C(Cl)c1ccccc1. The molecule has 0 fully saturated rings. The van der Waals surface area contributed by atoms with Crippen LogP contribution in [0.25, 0.3) is 0 Å². The molecule has 0 heterocycles. The van der Waals surface area contributed by atoms with E-state index in [9.17, 15) is 9.90 Å². The van der Waals surface area contributed by atoms with Crippen molar-refractivity contribution in [3.8, 4) is 0 Å². The number of aliphatic hydroxyl groups is 1. The highest BCUT2D eigenvalue weighted by Crippen LogP contribution is 2.19. The van der Waals surface area contributed by atoms with Gasteiger partial charge in [-0.2, -0.15) is 0 Å². The summed E-state index contributed by atoms with van der Waals surface area (Å²) >= 11 is 6.03. The Morgan fingerprint density at radius 1 is 1.41 bits per heavy atom. The van der Waals surface area contributed by atoms with E-state index in [0.717, 1.165) is 5.56 Å². The number of nitrogens with one attached hydrogen (secondary N) is 1. The van der Waals surface area contributed by atoms with E-state index < -0.39 is 5.38 Å². The molecule has 0 spiro atoms. The van der Waals surface area contributed by atoms with E-state index in [0.29, 0.717) is 19.4 Å². The third-order valence-corrected chi connectivity index (χ3v) is 3.02. The molecular weight excluding hydrogens is 238 g/mol. The molecule has 1 amide bonds. The van der Waals surface area contributed by atoms with Crippen molar-refractivity contribution < 1.29 is 9.90 Å². The number of hydrogen-bond donors (Lipinski definition) is 2. The number of hydrogen-bond acceptors (Lipinski definition) is 2. The van der Waals surface area contributed by atoms with Gasteiger partial charge in [-0.05, 0) is 18.4 Å². The summed E-state index contributed by atoms with van der Waals surface area (Å²) in [4.78, 5) is 11.7. The monoisotopic (exact) mass is 255 g/mol. The number of alkyl halides is 1. The fourth-order valence-corrected chi connectivity index (χ4v) is 1.65. The van der Waals surface area contributed by atoms with Gasteiger partial charge in [0.25, 0.3) is 0 Å². The molecule has 2 atom stereocenters. The summed E-state index contributed by atoms with van der Waals surface area (Å²) in [5.41, 5.74) is 0.780. The predicted molar refractivity (Wildman–Crippen MR) is 69.0 cm³/mol. The van der Waals surface area contributed by atoms with E-state index in [1.807, 2.05) is 37.3 Å². The van der Waals surface area contributed by atoms with E-state index >= 15 is 0 Å². The molecule has 94 valence electrons. The van der Waals surface area contributed by atoms with Gasteiger partial charge in [0.15, 0.2) is 0 Å². The molecule has 0 saturated carbocycles. The smallest absolute Gasteiger partial charge is 0.242 e. The van der Waals surface area contributed by atoms with Crippen LogP contribution in [0.5, 0.6) is 0 Å². The Morgan fingerprint density at radius 2 is 2.06 bits per heavy atom. The molecular formula is C13H18ClNO2. The van der Waals surface area contributed by atoms with Crippen molar-refractivity contribution >= 4 is 17.5 Å². The zero-order chi connectivity index (χ0) is 12.7. The van der Waals surface area contributed by atoms with Crippen LogP contribution in [-0.2, 0) is 4.79 Å². The summed E-state index contributed by atoms with van der Waals surface area (Å²) in [7, 11) is 0. The second-order valence-electron chi connectivity index (χ2n) is 3.92. The van der Waals surface area contributed by atoms with Gasteiger partial charge in [0.05, 0.1) is 6.10 Å². The van der Waals surface area contributed by atoms with Crippen LogP contribution in [-0.4, -0.2) is 23.7 Å². The number of rotatable bonds is 6. The maximum atomic E-state index is 11.7. The fraction of sp³-hybridized carbons (Fsp3) is 0.462. The minimum atomic E-state index is -0.671. The lowest BCUT2D eigenvalue weighted by atomic mass is 10.1. The van der Waals surface area contributed by atoms with Gasteiger partial charge in [0.1, 0.15) is 5.38 Å². The summed E-state index contributed by atoms with van der Waals surface area (Å²) in [5.74, 6) is -0.221. The summed E-state index contributed by atoms with van der Waals surface area (Å²) < 4.78 is 0. The summed E-state index contributed by atoms with van der Waals surface area (Å²) in [6, 6.07) is 9.20. The molecule has 0 aliphatic rings. The molecule has 0 bridgehead atoms. The average Bonchev–Trinajstić information content (AvgIpc) is 2.38. The molecule has 1 rings (SSSR count). The van der Waals surface area contributed by atoms with Gasteiger partial charge >= 0.3 is 0 Å². The van der Waals surface area contributed by atoms with E-state index in [-0.39, 0.29) is 12.0 Å². The minimum Gasteiger partial charge on any atom is -0.393 e. The van der Waals surface area contributed by atoms with Crippen LogP contribution in [0.1, 0.15) is 30.7 Å². The Morgan fingerprint density at radius 3 is 2.65 bits per heavy atom. The Bertz CT molecular complexity index is 343. The standard InChI is InChI=1S/C13H18ClNO2/c1-2-11(16)8-9-15-13(17)12(14)10-6-4-3-5-7-10/h3-7,11-12,16H,2,8-9H2,1H3,(H,15,17). The number of carbonyl (C=O) groups is 1. The lowest BCUT2D eigenvalue weighted by molar-refractivity contribution is -0.120. The predicted octanol–water partition coefficient (Wildman–Crippen LogP) is 2.24. The molecule has 17 heavy (non-hydrogen) atoms. The summed E-state index contributed by atoms with van der Waals surface area (Å²) in [6.45, 7) is 2.35. The number of halogens is 1. The molecule has 1 aromatic rings. The molecule has 0 radical (unpaired) electrons. The molecule has 0 aliphatic heterocycles. The van der Waals surface area contributed by atoms with Gasteiger partial charge in [0.2, 0.25) is 5.91 Å². The number of aliphatic hydroxyl groups excluding tert-OH is 1. The minimum absolute atomic E-state index is 0.221. The Balaban J connectivity index is 2.38. The zero-order valence-electron chi connectivity index (χ0n) is 9.90. The van der Waals surface area contributed by atoms with Gasteiger partial charge in [-0.25, -0.2) is 0 Å².